The third kappa shape index (κ3) is 6.05. The number of amides is 2. The molecule has 1 fully saturated rings. The van der Waals surface area contributed by atoms with Gasteiger partial charge < -0.3 is 20.7 Å². The zero-order valence-electron chi connectivity index (χ0n) is 17.1. The molecule has 0 bridgehead atoms. The van der Waals surface area contributed by atoms with Crippen molar-refractivity contribution in [3.05, 3.63) is 29.8 Å². The molecule has 1 aromatic carbocycles. The number of anilines is 1. The molecule has 1 heterocycles. The zero-order valence-corrected chi connectivity index (χ0v) is 17.1. The minimum Gasteiger partial charge on any atom is -0.385 e. The van der Waals surface area contributed by atoms with Gasteiger partial charge >= 0.3 is 0 Å². The number of benzene rings is 1. The molecule has 1 aliphatic heterocycles. The molecule has 2 rings (SSSR count). The van der Waals surface area contributed by atoms with E-state index in [-0.39, 0.29) is 36.2 Å². The molecular weight excluding hydrogens is 358 g/mol. The van der Waals surface area contributed by atoms with Crippen LogP contribution >= 0.6 is 0 Å². The summed E-state index contributed by atoms with van der Waals surface area (Å²) >= 11 is 0. The Bertz CT molecular complexity index is 687. The smallest absolute Gasteiger partial charge is 0.251 e. The first kappa shape index (κ1) is 21.9. The highest BCUT2D eigenvalue weighted by atomic mass is 16.5. The summed E-state index contributed by atoms with van der Waals surface area (Å²) < 4.78 is 5.27. The van der Waals surface area contributed by atoms with Crippen LogP contribution in [-0.4, -0.2) is 48.9 Å². The van der Waals surface area contributed by atoms with E-state index in [0.717, 1.165) is 18.7 Å². The molecule has 0 aromatic heterocycles. The highest BCUT2D eigenvalue weighted by molar-refractivity contribution is 5.99. The second-order valence-electron chi connectivity index (χ2n) is 7.63. The van der Waals surface area contributed by atoms with Crippen LogP contribution in [0.3, 0.4) is 0 Å². The molecule has 3 atom stereocenters. The van der Waals surface area contributed by atoms with Crippen molar-refractivity contribution in [2.45, 2.75) is 58.7 Å². The number of Topliss-reactive ketones (excluding diaryl/α,β-unsaturated/α-hetero) is 1. The van der Waals surface area contributed by atoms with Crippen molar-refractivity contribution in [2.75, 3.05) is 18.5 Å². The number of ether oxygens (including phenoxy) is 1. The van der Waals surface area contributed by atoms with Gasteiger partial charge in [-0.15, -0.1) is 0 Å². The number of ketones is 1. The molecule has 0 radical (unpaired) electrons. The van der Waals surface area contributed by atoms with Gasteiger partial charge in [0.05, 0.1) is 6.10 Å². The van der Waals surface area contributed by atoms with E-state index in [1.54, 1.807) is 19.1 Å². The normalized spacial score (nSPS) is 20.1. The Hall–Kier alpha value is -2.41. The first-order valence-electron chi connectivity index (χ1n) is 9.91. The van der Waals surface area contributed by atoms with Crippen LogP contribution in [0, 0.1) is 5.92 Å². The fourth-order valence-electron chi connectivity index (χ4n) is 3.07. The quantitative estimate of drug-likeness (QED) is 0.601. The lowest BCUT2D eigenvalue weighted by Crippen LogP contribution is -2.53. The maximum atomic E-state index is 12.7. The topological polar surface area (TPSA) is 96.5 Å². The molecule has 154 valence electrons. The first-order chi connectivity index (χ1) is 13.3. The van der Waals surface area contributed by atoms with E-state index in [1.807, 2.05) is 26.0 Å². The lowest BCUT2D eigenvalue weighted by Gasteiger charge is -2.23. The molecule has 2 amide bonds. The van der Waals surface area contributed by atoms with Gasteiger partial charge in [0.2, 0.25) is 5.91 Å². The number of carbonyl (C=O) groups is 3. The van der Waals surface area contributed by atoms with E-state index in [9.17, 15) is 14.4 Å². The van der Waals surface area contributed by atoms with Gasteiger partial charge in [0.15, 0.2) is 5.78 Å². The van der Waals surface area contributed by atoms with Gasteiger partial charge in [0.1, 0.15) is 18.7 Å². The SMILES string of the molecule is CCCNc1ccc(C(=O)NC(CC(C)C)C(=O)N[C@@H]2C(=O)CO[C@@H]2C)cc1. The maximum Gasteiger partial charge on any atom is 0.251 e. The van der Waals surface area contributed by atoms with Crippen LogP contribution in [0.5, 0.6) is 0 Å². The monoisotopic (exact) mass is 389 g/mol. The molecule has 1 aliphatic rings. The Morgan fingerprint density at radius 3 is 2.43 bits per heavy atom. The van der Waals surface area contributed by atoms with Crippen molar-refractivity contribution in [1.82, 2.24) is 10.6 Å². The average molecular weight is 389 g/mol. The molecule has 1 aromatic rings. The summed E-state index contributed by atoms with van der Waals surface area (Å²) in [4.78, 5) is 37.2. The van der Waals surface area contributed by atoms with Crippen LogP contribution < -0.4 is 16.0 Å². The molecule has 7 nitrogen and oxygen atoms in total. The van der Waals surface area contributed by atoms with Crippen molar-refractivity contribution in [1.29, 1.82) is 0 Å². The Morgan fingerprint density at radius 2 is 1.89 bits per heavy atom. The molecule has 0 spiro atoms. The van der Waals surface area contributed by atoms with Crippen LogP contribution in [-0.2, 0) is 14.3 Å². The first-order valence-corrected chi connectivity index (χ1v) is 9.91. The van der Waals surface area contributed by atoms with Gasteiger partial charge in [0.25, 0.3) is 5.91 Å². The molecule has 1 saturated heterocycles. The van der Waals surface area contributed by atoms with E-state index >= 15 is 0 Å². The Labute approximate surface area is 166 Å². The highest BCUT2D eigenvalue weighted by Crippen LogP contribution is 2.13. The fourth-order valence-corrected chi connectivity index (χ4v) is 3.07. The highest BCUT2D eigenvalue weighted by Gasteiger charge is 2.35. The number of carbonyl (C=O) groups excluding carboxylic acids is 3. The Balaban J connectivity index is 2.03. The van der Waals surface area contributed by atoms with Gasteiger partial charge in [-0.05, 0) is 49.9 Å². The lowest BCUT2D eigenvalue weighted by molar-refractivity contribution is -0.127. The van der Waals surface area contributed by atoms with Crippen molar-refractivity contribution in [2.24, 2.45) is 5.92 Å². The van der Waals surface area contributed by atoms with E-state index in [1.165, 1.54) is 0 Å². The van der Waals surface area contributed by atoms with Crippen LogP contribution in [0.2, 0.25) is 0 Å². The third-order valence-electron chi connectivity index (χ3n) is 4.66. The van der Waals surface area contributed by atoms with E-state index in [0.29, 0.717) is 12.0 Å². The summed E-state index contributed by atoms with van der Waals surface area (Å²) in [6.45, 7) is 8.66. The summed E-state index contributed by atoms with van der Waals surface area (Å²) in [7, 11) is 0. The molecular formula is C21H31N3O4. The largest absolute Gasteiger partial charge is 0.385 e. The number of hydrogen-bond acceptors (Lipinski definition) is 5. The van der Waals surface area contributed by atoms with Crippen LogP contribution in [0.1, 0.15) is 50.9 Å². The lowest BCUT2D eigenvalue weighted by atomic mass is 10.0. The van der Waals surface area contributed by atoms with E-state index in [4.69, 9.17) is 4.74 Å². The zero-order chi connectivity index (χ0) is 20.7. The molecule has 7 heteroatoms. The molecule has 28 heavy (non-hydrogen) atoms. The van der Waals surface area contributed by atoms with E-state index < -0.39 is 12.1 Å². The van der Waals surface area contributed by atoms with Crippen LogP contribution in [0.4, 0.5) is 5.69 Å². The number of hydrogen-bond donors (Lipinski definition) is 3. The van der Waals surface area contributed by atoms with E-state index in [2.05, 4.69) is 22.9 Å². The summed E-state index contributed by atoms with van der Waals surface area (Å²) in [6, 6.07) is 5.77. The Morgan fingerprint density at radius 1 is 1.21 bits per heavy atom. The van der Waals surface area contributed by atoms with Gasteiger partial charge in [-0.25, -0.2) is 0 Å². The standard InChI is InChI=1S/C21H31N3O4/c1-5-10-22-16-8-6-15(7-9-16)20(26)23-17(11-13(2)3)21(27)24-19-14(4)28-12-18(19)25/h6-9,13-14,17,19,22H,5,10-12H2,1-4H3,(H,23,26)(H,24,27)/t14-,17?,19+/m1/s1. The minimum atomic E-state index is -0.717. The summed E-state index contributed by atoms with van der Waals surface area (Å²) in [6.07, 6.45) is 1.13. The maximum absolute atomic E-state index is 12.7. The molecule has 3 N–H and O–H groups in total. The van der Waals surface area contributed by atoms with Gasteiger partial charge in [-0.1, -0.05) is 20.8 Å². The third-order valence-corrected chi connectivity index (χ3v) is 4.66. The average Bonchev–Trinajstić information content (AvgIpc) is 2.97. The second kappa shape index (κ2) is 10.2. The number of rotatable bonds is 9. The fraction of sp³-hybridized carbons (Fsp3) is 0.571. The molecule has 1 unspecified atom stereocenters. The predicted octanol–water partition coefficient (Wildman–Crippen LogP) is 2.13. The summed E-state index contributed by atoms with van der Waals surface area (Å²) in [5, 5.41) is 8.80. The van der Waals surface area contributed by atoms with Crippen molar-refractivity contribution < 1.29 is 19.1 Å². The summed E-state index contributed by atoms with van der Waals surface area (Å²) in [5.41, 5.74) is 1.43. The van der Waals surface area contributed by atoms with Crippen molar-refractivity contribution in [3.8, 4) is 0 Å². The van der Waals surface area contributed by atoms with Crippen molar-refractivity contribution >= 4 is 23.3 Å². The summed E-state index contributed by atoms with van der Waals surface area (Å²) in [5.74, 6) is -0.626. The molecule has 0 aliphatic carbocycles. The Kier molecular flexibility index (Phi) is 7.99. The predicted molar refractivity (Wildman–Crippen MR) is 108 cm³/mol. The van der Waals surface area contributed by atoms with Crippen LogP contribution in [0.25, 0.3) is 0 Å². The minimum absolute atomic E-state index is 0.00569. The van der Waals surface area contributed by atoms with Crippen LogP contribution in [0.15, 0.2) is 24.3 Å². The molecule has 0 saturated carbocycles. The van der Waals surface area contributed by atoms with Gasteiger partial charge in [-0.3, -0.25) is 14.4 Å². The van der Waals surface area contributed by atoms with Gasteiger partial charge in [0, 0.05) is 17.8 Å². The van der Waals surface area contributed by atoms with Crippen molar-refractivity contribution in [3.63, 3.8) is 0 Å². The number of nitrogens with one attached hydrogen (secondary N) is 3. The second-order valence-corrected chi connectivity index (χ2v) is 7.63. The van der Waals surface area contributed by atoms with Gasteiger partial charge in [-0.2, -0.15) is 0 Å².